The fraction of sp³-hybridized carbons (Fsp3) is 0.167. The SMILES string of the molecule is NC(Cc1cccc(F)c1F)c1cncnc1. The second kappa shape index (κ2) is 4.97. The molecule has 1 aromatic carbocycles. The molecule has 1 unspecified atom stereocenters. The third-order valence-corrected chi connectivity index (χ3v) is 2.48. The van der Waals surface area contributed by atoms with Crippen molar-refractivity contribution in [2.45, 2.75) is 12.5 Å². The van der Waals surface area contributed by atoms with Gasteiger partial charge in [0.2, 0.25) is 0 Å². The Morgan fingerprint density at radius 2 is 1.88 bits per heavy atom. The molecule has 0 aliphatic heterocycles. The fourth-order valence-corrected chi connectivity index (χ4v) is 1.56. The van der Waals surface area contributed by atoms with Crippen molar-refractivity contribution in [2.24, 2.45) is 5.73 Å². The standard InChI is InChI=1S/C12H11F2N3/c13-10-3-1-2-8(12(10)14)4-11(15)9-5-16-7-17-6-9/h1-3,5-7,11H,4,15H2. The Balaban J connectivity index is 2.19. The van der Waals surface area contributed by atoms with Gasteiger partial charge in [-0.25, -0.2) is 18.7 Å². The number of aromatic nitrogens is 2. The van der Waals surface area contributed by atoms with Crippen molar-refractivity contribution in [3.63, 3.8) is 0 Å². The summed E-state index contributed by atoms with van der Waals surface area (Å²) in [7, 11) is 0. The van der Waals surface area contributed by atoms with E-state index in [9.17, 15) is 8.78 Å². The predicted molar refractivity (Wildman–Crippen MR) is 59.0 cm³/mol. The summed E-state index contributed by atoms with van der Waals surface area (Å²) in [5, 5.41) is 0. The molecule has 5 heteroatoms. The van der Waals surface area contributed by atoms with Gasteiger partial charge in [-0.3, -0.25) is 0 Å². The molecule has 1 atom stereocenters. The monoisotopic (exact) mass is 235 g/mol. The lowest BCUT2D eigenvalue weighted by molar-refractivity contribution is 0.494. The third-order valence-electron chi connectivity index (χ3n) is 2.48. The van der Waals surface area contributed by atoms with Gasteiger partial charge in [0, 0.05) is 24.0 Å². The van der Waals surface area contributed by atoms with Crippen LogP contribution in [0.3, 0.4) is 0 Å². The van der Waals surface area contributed by atoms with Crippen molar-refractivity contribution in [3.05, 3.63) is 59.7 Å². The fourth-order valence-electron chi connectivity index (χ4n) is 1.56. The molecule has 2 rings (SSSR count). The lowest BCUT2D eigenvalue weighted by atomic mass is 10.0. The minimum absolute atomic E-state index is 0.205. The van der Waals surface area contributed by atoms with Crippen molar-refractivity contribution >= 4 is 0 Å². The van der Waals surface area contributed by atoms with E-state index in [-0.39, 0.29) is 12.0 Å². The van der Waals surface area contributed by atoms with Crippen LogP contribution in [-0.4, -0.2) is 9.97 Å². The molecular weight excluding hydrogens is 224 g/mol. The summed E-state index contributed by atoms with van der Waals surface area (Å²) in [6.45, 7) is 0. The minimum Gasteiger partial charge on any atom is -0.324 e. The van der Waals surface area contributed by atoms with E-state index in [1.54, 1.807) is 12.4 Å². The van der Waals surface area contributed by atoms with Crippen LogP contribution in [0.25, 0.3) is 0 Å². The van der Waals surface area contributed by atoms with Crippen molar-refractivity contribution < 1.29 is 8.78 Å². The molecule has 0 saturated carbocycles. The Bertz CT molecular complexity index is 502. The summed E-state index contributed by atoms with van der Waals surface area (Å²) in [6, 6.07) is 3.60. The molecule has 0 amide bonds. The molecule has 0 aliphatic carbocycles. The molecule has 0 radical (unpaired) electrons. The highest BCUT2D eigenvalue weighted by Crippen LogP contribution is 2.18. The Morgan fingerprint density at radius 3 is 2.59 bits per heavy atom. The van der Waals surface area contributed by atoms with Gasteiger partial charge in [-0.2, -0.15) is 0 Å². The second-order valence-electron chi connectivity index (χ2n) is 3.70. The molecule has 0 fully saturated rings. The van der Waals surface area contributed by atoms with Crippen LogP contribution >= 0.6 is 0 Å². The molecule has 0 spiro atoms. The zero-order valence-electron chi connectivity index (χ0n) is 8.98. The highest BCUT2D eigenvalue weighted by atomic mass is 19.2. The molecular formula is C12H11F2N3. The molecule has 88 valence electrons. The summed E-state index contributed by atoms with van der Waals surface area (Å²) < 4.78 is 26.4. The first-order valence-corrected chi connectivity index (χ1v) is 5.12. The highest BCUT2D eigenvalue weighted by molar-refractivity contribution is 5.22. The van der Waals surface area contributed by atoms with Gasteiger partial charge in [-0.15, -0.1) is 0 Å². The lowest BCUT2D eigenvalue weighted by Crippen LogP contribution is -2.15. The Morgan fingerprint density at radius 1 is 1.18 bits per heavy atom. The van der Waals surface area contributed by atoms with Crippen LogP contribution in [-0.2, 0) is 6.42 Å². The van der Waals surface area contributed by atoms with E-state index in [2.05, 4.69) is 9.97 Å². The number of hydrogen-bond acceptors (Lipinski definition) is 3. The third kappa shape index (κ3) is 2.62. The smallest absolute Gasteiger partial charge is 0.162 e. The van der Waals surface area contributed by atoms with Gasteiger partial charge >= 0.3 is 0 Å². The summed E-state index contributed by atoms with van der Waals surface area (Å²) in [4.78, 5) is 7.66. The number of halogens is 2. The molecule has 0 saturated heterocycles. The van der Waals surface area contributed by atoms with Crippen LogP contribution in [0.15, 0.2) is 36.9 Å². The molecule has 1 aromatic heterocycles. The first-order valence-electron chi connectivity index (χ1n) is 5.12. The van der Waals surface area contributed by atoms with Gasteiger partial charge in [0.05, 0.1) is 0 Å². The van der Waals surface area contributed by atoms with Gasteiger partial charge in [0.1, 0.15) is 6.33 Å². The zero-order valence-corrected chi connectivity index (χ0v) is 8.98. The summed E-state index contributed by atoms with van der Waals surface area (Å²) in [5.41, 5.74) is 6.82. The summed E-state index contributed by atoms with van der Waals surface area (Å²) >= 11 is 0. The Kier molecular flexibility index (Phi) is 3.39. The molecule has 17 heavy (non-hydrogen) atoms. The average Bonchev–Trinajstić information content (AvgIpc) is 2.36. The summed E-state index contributed by atoms with van der Waals surface area (Å²) in [5.74, 6) is -1.71. The maximum absolute atomic E-state index is 13.4. The second-order valence-corrected chi connectivity index (χ2v) is 3.70. The minimum atomic E-state index is -0.862. The van der Waals surface area contributed by atoms with E-state index in [0.717, 1.165) is 6.07 Å². The summed E-state index contributed by atoms with van der Waals surface area (Å²) in [6.07, 6.45) is 4.72. The number of benzene rings is 1. The van der Waals surface area contributed by atoms with E-state index in [1.807, 2.05) is 0 Å². The molecule has 3 nitrogen and oxygen atoms in total. The normalized spacial score (nSPS) is 12.4. The van der Waals surface area contributed by atoms with Crippen LogP contribution < -0.4 is 5.73 Å². The van der Waals surface area contributed by atoms with Crippen molar-refractivity contribution in [1.29, 1.82) is 0 Å². The van der Waals surface area contributed by atoms with E-state index >= 15 is 0 Å². The van der Waals surface area contributed by atoms with Gasteiger partial charge < -0.3 is 5.73 Å². The van der Waals surface area contributed by atoms with Crippen LogP contribution in [0, 0.1) is 11.6 Å². The zero-order chi connectivity index (χ0) is 12.3. The predicted octanol–water partition coefficient (Wildman–Crippen LogP) is 2.00. The van der Waals surface area contributed by atoms with Gasteiger partial charge in [0.15, 0.2) is 11.6 Å². The quantitative estimate of drug-likeness (QED) is 0.885. The first kappa shape index (κ1) is 11.6. The Labute approximate surface area is 97.3 Å². The van der Waals surface area contributed by atoms with E-state index in [1.165, 1.54) is 18.5 Å². The molecule has 2 aromatic rings. The molecule has 2 N–H and O–H groups in total. The van der Waals surface area contributed by atoms with Crippen molar-refractivity contribution in [2.75, 3.05) is 0 Å². The molecule has 0 aliphatic rings. The Hall–Kier alpha value is -1.88. The number of hydrogen-bond donors (Lipinski definition) is 1. The lowest BCUT2D eigenvalue weighted by Gasteiger charge is -2.11. The van der Waals surface area contributed by atoms with Gasteiger partial charge in [-0.05, 0) is 18.1 Å². The number of nitrogens with zero attached hydrogens (tertiary/aromatic N) is 2. The number of nitrogens with two attached hydrogens (primary N) is 1. The largest absolute Gasteiger partial charge is 0.324 e. The van der Waals surface area contributed by atoms with Crippen molar-refractivity contribution in [1.82, 2.24) is 9.97 Å². The average molecular weight is 235 g/mol. The highest BCUT2D eigenvalue weighted by Gasteiger charge is 2.13. The van der Waals surface area contributed by atoms with Crippen LogP contribution in [0.4, 0.5) is 8.78 Å². The number of rotatable bonds is 3. The van der Waals surface area contributed by atoms with E-state index in [0.29, 0.717) is 5.56 Å². The maximum Gasteiger partial charge on any atom is 0.162 e. The first-order chi connectivity index (χ1) is 8.18. The van der Waals surface area contributed by atoms with E-state index in [4.69, 9.17) is 5.73 Å². The van der Waals surface area contributed by atoms with Crippen molar-refractivity contribution in [3.8, 4) is 0 Å². The van der Waals surface area contributed by atoms with Crippen LogP contribution in [0.5, 0.6) is 0 Å². The molecule has 1 heterocycles. The van der Waals surface area contributed by atoms with Crippen LogP contribution in [0.1, 0.15) is 17.2 Å². The van der Waals surface area contributed by atoms with Gasteiger partial charge in [-0.1, -0.05) is 12.1 Å². The van der Waals surface area contributed by atoms with Gasteiger partial charge in [0.25, 0.3) is 0 Å². The van der Waals surface area contributed by atoms with E-state index < -0.39 is 17.7 Å². The topological polar surface area (TPSA) is 51.8 Å². The maximum atomic E-state index is 13.4. The molecule has 0 bridgehead atoms. The van der Waals surface area contributed by atoms with Crippen LogP contribution in [0.2, 0.25) is 0 Å².